The second-order valence-electron chi connectivity index (χ2n) is 2.18. The van der Waals surface area contributed by atoms with Gasteiger partial charge in [-0.1, -0.05) is 37.0 Å². The molecule has 0 saturated heterocycles. The minimum absolute atomic E-state index is 1.01. The largest absolute Gasteiger partial charge is 0.288 e. The molecule has 1 aliphatic carbocycles. The van der Waals surface area contributed by atoms with Gasteiger partial charge in [0.05, 0.1) is 5.71 Å². The predicted molar refractivity (Wildman–Crippen MR) is 49.9 cm³/mol. The van der Waals surface area contributed by atoms with Gasteiger partial charge in [0.15, 0.2) is 0 Å². The lowest BCUT2D eigenvalue weighted by Crippen LogP contribution is -1.98. The minimum Gasteiger partial charge on any atom is -0.288 e. The van der Waals surface area contributed by atoms with Gasteiger partial charge in [0.1, 0.15) is 0 Å². The summed E-state index contributed by atoms with van der Waals surface area (Å²) in [6.45, 7) is 3.63. The Morgan fingerprint density at radius 3 is 2.73 bits per heavy atom. The van der Waals surface area contributed by atoms with Gasteiger partial charge in [0, 0.05) is 7.05 Å². The fraction of sp³-hybridized carbons (Fsp3) is 0.100. The smallest absolute Gasteiger partial charge is 0.0643 e. The van der Waals surface area contributed by atoms with Gasteiger partial charge in [-0.05, 0) is 11.6 Å². The van der Waals surface area contributed by atoms with Crippen molar-refractivity contribution in [1.29, 1.82) is 0 Å². The van der Waals surface area contributed by atoms with Gasteiger partial charge in [0.25, 0.3) is 0 Å². The van der Waals surface area contributed by atoms with E-state index in [1.54, 1.807) is 13.1 Å². The maximum Gasteiger partial charge on any atom is 0.0643 e. The summed E-state index contributed by atoms with van der Waals surface area (Å²) in [6.07, 6.45) is 11.7. The van der Waals surface area contributed by atoms with Crippen LogP contribution in [0, 0.1) is 0 Å². The molecule has 0 atom stereocenters. The van der Waals surface area contributed by atoms with Crippen LogP contribution in [0.3, 0.4) is 0 Å². The lowest BCUT2D eigenvalue weighted by atomic mass is 10.1. The van der Waals surface area contributed by atoms with E-state index in [0.717, 1.165) is 11.3 Å². The zero-order valence-corrected chi connectivity index (χ0v) is 6.62. The molecule has 11 heavy (non-hydrogen) atoms. The van der Waals surface area contributed by atoms with Crippen molar-refractivity contribution in [3.05, 3.63) is 48.6 Å². The molecule has 0 bridgehead atoms. The van der Waals surface area contributed by atoms with Gasteiger partial charge in [0.2, 0.25) is 0 Å². The highest BCUT2D eigenvalue weighted by atomic mass is 14.7. The summed E-state index contributed by atoms with van der Waals surface area (Å²) in [6, 6.07) is 0. The molecule has 1 heteroatoms. The number of nitrogens with zero attached hydrogens (tertiary/aromatic N) is 1. The number of hydrogen-bond donors (Lipinski definition) is 0. The molecule has 56 valence electrons. The Morgan fingerprint density at radius 2 is 2.09 bits per heavy atom. The summed E-state index contributed by atoms with van der Waals surface area (Å²) in [5.74, 6) is 0. The molecule has 0 spiro atoms. The molecule has 1 aliphatic rings. The van der Waals surface area contributed by atoms with Crippen LogP contribution in [0.25, 0.3) is 0 Å². The average Bonchev–Trinajstić information content (AvgIpc) is 2.06. The Balaban J connectivity index is 2.97. The maximum atomic E-state index is 4.11. The van der Waals surface area contributed by atoms with Crippen LogP contribution in [0.4, 0.5) is 0 Å². The van der Waals surface area contributed by atoms with E-state index in [0.29, 0.717) is 0 Å². The highest BCUT2D eigenvalue weighted by Gasteiger charge is 1.99. The first-order valence-electron chi connectivity index (χ1n) is 3.53. The first-order chi connectivity index (χ1) is 5.38. The molecule has 0 aromatic heterocycles. The molecule has 0 radical (unpaired) electrons. The van der Waals surface area contributed by atoms with E-state index in [1.807, 2.05) is 30.4 Å². The van der Waals surface area contributed by atoms with Crippen molar-refractivity contribution >= 4 is 5.71 Å². The zero-order chi connectivity index (χ0) is 8.10. The number of hydrogen-bond acceptors (Lipinski definition) is 1. The molecule has 1 rings (SSSR count). The Hall–Kier alpha value is -1.37. The Morgan fingerprint density at radius 1 is 1.36 bits per heavy atom. The molecule has 0 aromatic carbocycles. The summed E-state index contributed by atoms with van der Waals surface area (Å²) in [5.41, 5.74) is 2.12. The van der Waals surface area contributed by atoms with Crippen molar-refractivity contribution in [2.24, 2.45) is 4.99 Å². The van der Waals surface area contributed by atoms with E-state index < -0.39 is 0 Å². The van der Waals surface area contributed by atoms with Gasteiger partial charge in [-0.2, -0.15) is 0 Å². The molecule has 0 amide bonds. The minimum atomic E-state index is 1.01. The van der Waals surface area contributed by atoms with Crippen molar-refractivity contribution in [3.63, 3.8) is 0 Å². The van der Waals surface area contributed by atoms with Gasteiger partial charge >= 0.3 is 0 Å². The van der Waals surface area contributed by atoms with Crippen LogP contribution in [0.2, 0.25) is 0 Å². The Kier molecular flexibility index (Phi) is 2.61. The van der Waals surface area contributed by atoms with Crippen molar-refractivity contribution in [2.45, 2.75) is 0 Å². The van der Waals surface area contributed by atoms with Crippen LogP contribution in [0.15, 0.2) is 53.6 Å². The van der Waals surface area contributed by atoms with Crippen molar-refractivity contribution in [1.82, 2.24) is 0 Å². The van der Waals surface area contributed by atoms with E-state index in [9.17, 15) is 0 Å². The van der Waals surface area contributed by atoms with Gasteiger partial charge < -0.3 is 0 Å². The topological polar surface area (TPSA) is 12.4 Å². The van der Waals surface area contributed by atoms with Crippen LogP contribution in [0.1, 0.15) is 0 Å². The fourth-order valence-corrected chi connectivity index (χ4v) is 0.959. The Labute approximate surface area is 67.2 Å². The summed E-state index contributed by atoms with van der Waals surface area (Å²) >= 11 is 0. The number of allylic oxidation sites excluding steroid dienone is 7. The lowest BCUT2D eigenvalue weighted by molar-refractivity contribution is 1.43. The molecule has 1 nitrogen and oxygen atoms in total. The third kappa shape index (κ3) is 1.77. The third-order valence-corrected chi connectivity index (χ3v) is 1.48. The first kappa shape index (κ1) is 7.73. The fourth-order valence-electron chi connectivity index (χ4n) is 0.959. The van der Waals surface area contributed by atoms with Gasteiger partial charge in [-0.25, -0.2) is 0 Å². The SMILES string of the molecule is C=C/C=C1/C=CC=CC1=NC. The van der Waals surface area contributed by atoms with Crippen LogP contribution in [-0.4, -0.2) is 12.8 Å². The molecule has 0 heterocycles. The highest BCUT2D eigenvalue weighted by molar-refractivity contribution is 6.11. The van der Waals surface area contributed by atoms with E-state index >= 15 is 0 Å². The molecular formula is C10H11N. The van der Waals surface area contributed by atoms with Crippen LogP contribution in [0.5, 0.6) is 0 Å². The van der Waals surface area contributed by atoms with Crippen molar-refractivity contribution in [3.8, 4) is 0 Å². The standard InChI is InChI=1S/C10H11N/c1-3-6-9-7-4-5-8-10(9)11-2/h3-8H,1H2,2H3/b9-6-,11-10?. The van der Waals surface area contributed by atoms with E-state index in [1.165, 1.54) is 0 Å². The molecule has 0 aromatic rings. The molecular weight excluding hydrogens is 134 g/mol. The molecule has 0 saturated carbocycles. The van der Waals surface area contributed by atoms with Crippen LogP contribution >= 0.6 is 0 Å². The van der Waals surface area contributed by atoms with Crippen molar-refractivity contribution < 1.29 is 0 Å². The predicted octanol–water partition coefficient (Wildman–Crippen LogP) is 2.30. The van der Waals surface area contributed by atoms with E-state index in [2.05, 4.69) is 11.6 Å². The summed E-state index contributed by atoms with van der Waals surface area (Å²) in [4.78, 5) is 4.11. The average molecular weight is 145 g/mol. The highest BCUT2D eigenvalue weighted by Crippen LogP contribution is 2.07. The van der Waals surface area contributed by atoms with Gasteiger partial charge in [-0.15, -0.1) is 0 Å². The quantitative estimate of drug-likeness (QED) is 0.537. The molecule has 0 N–H and O–H groups in total. The monoisotopic (exact) mass is 145 g/mol. The number of aliphatic imine (C=N–C) groups is 1. The van der Waals surface area contributed by atoms with Crippen molar-refractivity contribution in [2.75, 3.05) is 7.05 Å². The second kappa shape index (κ2) is 3.71. The van der Waals surface area contributed by atoms with E-state index in [4.69, 9.17) is 0 Å². The van der Waals surface area contributed by atoms with Crippen LogP contribution in [-0.2, 0) is 0 Å². The lowest BCUT2D eigenvalue weighted by Gasteiger charge is -2.03. The summed E-state index contributed by atoms with van der Waals surface area (Å²) in [5, 5.41) is 0. The van der Waals surface area contributed by atoms with Crippen LogP contribution < -0.4 is 0 Å². The Bertz CT molecular complexity index is 265. The molecule has 0 aliphatic heterocycles. The first-order valence-corrected chi connectivity index (χ1v) is 3.53. The van der Waals surface area contributed by atoms with E-state index in [-0.39, 0.29) is 0 Å². The maximum absolute atomic E-state index is 4.11. The summed E-state index contributed by atoms with van der Waals surface area (Å²) in [7, 11) is 1.79. The summed E-state index contributed by atoms with van der Waals surface area (Å²) < 4.78 is 0. The third-order valence-electron chi connectivity index (χ3n) is 1.48. The normalized spacial score (nSPS) is 23.0. The zero-order valence-electron chi connectivity index (χ0n) is 6.62. The molecule has 0 fully saturated rings. The molecule has 0 unspecified atom stereocenters. The second-order valence-corrected chi connectivity index (χ2v) is 2.18. The number of rotatable bonds is 1. The van der Waals surface area contributed by atoms with Gasteiger partial charge in [-0.3, -0.25) is 4.99 Å².